The predicted molar refractivity (Wildman–Crippen MR) is 66.0 cm³/mol. The summed E-state index contributed by atoms with van der Waals surface area (Å²) in [6.07, 6.45) is 3.62. The highest BCUT2D eigenvalue weighted by Gasteiger charge is 2.40. The SMILES string of the molecule is NC1(C(=O)N2CCN(CC(=O)O)CC2)CCCC1. The summed E-state index contributed by atoms with van der Waals surface area (Å²) in [7, 11) is 0. The molecule has 0 spiro atoms. The van der Waals surface area contributed by atoms with Crippen LogP contribution in [0.3, 0.4) is 0 Å². The number of carboxylic acid groups (broad SMARTS) is 1. The van der Waals surface area contributed by atoms with Crippen LogP contribution in [0.25, 0.3) is 0 Å². The monoisotopic (exact) mass is 255 g/mol. The Balaban J connectivity index is 1.86. The van der Waals surface area contributed by atoms with Gasteiger partial charge in [0.1, 0.15) is 0 Å². The number of nitrogens with zero attached hydrogens (tertiary/aromatic N) is 2. The highest BCUT2D eigenvalue weighted by molar-refractivity contribution is 5.86. The summed E-state index contributed by atoms with van der Waals surface area (Å²) in [5.74, 6) is -0.768. The van der Waals surface area contributed by atoms with Crippen molar-refractivity contribution in [2.75, 3.05) is 32.7 Å². The lowest BCUT2D eigenvalue weighted by molar-refractivity contribution is -0.141. The number of carbonyl (C=O) groups excluding carboxylic acids is 1. The third-order valence-corrected chi connectivity index (χ3v) is 3.94. The van der Waals surface area contributed by atoms with Crippen LogP contribution in [0.5, 0.6) is 0 Å². The average Bonchev–Trinajstić information content (AvgIpc) is 2.77. The van der Waals surface area contributed by atoms with Gasteiger partial charge >= 0.3 is 5.97 Å². The van der Waals surface area contributed by atoms with Gasteiger partial charge in [0, 0.05) is 26.2 Å². The minimum Gasteiger partial charge on any atom is -0.480 e. The number of hydrogen-bond donors (Lipinski definition) is 2. The molecule has 2 fully saturated rings. The summed E-state index contributed by atoms with van der Waals surface area (Å²) in [6.45, 7) is 2.47. The molecule has 1 heterocycles. The Hall–Kier alpha value is -1.14. The summed E-state index contributed by atoms with van der Waals surface area (Å²) in [5, 5.41) is 8.71. The van der Waals surface area contributed by atoms with Gasteiger partial charge in [0.25, 0.3) is 0 Å². The van der Waals surface area contributed by atoms with Crippen molar-refractivity contribution in [3.8, 4) is 0 Å². The minimum absolute atomic E-state index is 0.0509. The van der Waals surface area contributed by atoms with Crippen LogP contribution < -0.4 is 5.73 Å². The van der Waals surface area contributed by atoms with Crippen molar-refractivity contribution >= 4 is 11.9 Å². The van der Waals surface area contributed by atoms with E-state index in [-0.39, 0.29) is 12.5 Å². The molecule has 2 rings (SSSR count). The Morgan fingerprint density at radius 3 is 2.17 bits per heavy atom. The number of nitrogens with two attached hydrogens (primary N) is 1. The van der Waals surface area contributed by atoms with E-state index in [1.165, 1.54) is 0 Å². The number of piperazine rings is 1. The molecule has 0 radical (unpaired) electrons. The van der Waals surface area contributed by atoms with E-state index in [0.717, 1.165) is 25.7 Å². The van der Waals surface area contributed by atoms with E-state index in [9.17, 15) is 9.59 Å². The van der Waals surface area contributed by atoms with Crippen LogP contribution in [-0.2, 0) is 9.59 Å². The fourth-order valence-electron chi connectivity index (χ4n) is 2.84. The zero-order chi connectivity index (χ0) is 13.2. The van der Waals surface area contributed by atoms with Crippen LogP contribution in [0.1, 0.15) is 25.7 Å². The Kier molecular flexibility index (Phi) is 3.87. The standard InChI is InChI=1S/C12H21N3O3/c13-12(3-1-2-4-12)11(18)15-7-5-14(6-8-15)9-10(16)17/h1-9,13H2,(H,16,17). The van der Waals surface area contributed by atoms with E-state index in [4.69, 9.17) is 10.8 Å². The number of aliphatic carboxylic acids is 1. The molecule has 6 nitrogen and oxygen atoms in total. The number of rotatable bonds is 3. The fraction of sp³-hybridized carbons (Fsp3) is 0.833. The maximum atomic E-state index is 12.3. The quantitative estimate of drug-likeness (QED) is 0.709. The van der Waals surface area contributed by atoms with Crippen LogP contribution in [0.4, 0.5) is 0 Å². The summed E-state index contributed by atoms with van der Waals surface area (Å²) in [5.41, 5.74) is 5.49. The van der Waals surface area contributed by atoms with Crippen LogP contribution >= 0.6 is 0 Å². The molecule has 0 aromatic carbocycles. The predicted octanol–water partition coefficient (Wildman–Crippen LogP) is -0.513. The first-order valence-corrected chi connectivity index (χ1v) is 6.54. The first-order valence-electron chi connectivity index (χ1n) is 6.54. The van der Waals surface area contributed by atoms with Crippen LogP contribution in [0.2, 0.25) is 0 Å². The normalized spacial score (nSPS) is 24.2. The molecule has 0 aromatic rings. The van der Waals surface area contributed by atoms with Gasteiger partial charge in [0.2, 0.25) is 5.91 Å². The summed E-state index contributed by atoms with van der Waals surface area (Å²) >= 11 is 0. The van der Waals surface area contributed by atoms with Crippen LogP contribution in [0, 0.1) is 0 Å². The first kappa shape index (κ1) is 13.3. The smallest absolute Gasteiger partial charge is 0.317 e. The molecule has 1 aliphatic heterocycles. The van der Waals surface area contributed by atoms with Crippen molar-refractivity contribution in [2.24, 2.45) is 5.73 Å². The average molecular weight is 255 g/mol. The first-order chi connectivity index (χ1) is 8.51. The number of amides is 1. The third-order valence-electron chi connectivity index (χ3n) is 3.94. The second-order valence-electron chi connectivity index (χ2n) is 5.33. The van der Waals surface area contributed by atoms with Gasteiger partial charge in [-0.2, -0.15) is 0 Å². The second-order valence-corrected chi connectivity index (χ2v) is 5.33. The van der Waals surface area contributed by atoms with Gasteiger partial charge in [0.05, 0.1) is 12.1 Å². The summed E-state index contributed by atoms with van der Waals surface area (Å²) in [6, 6.07) is 0. The van der Waals surface area contributed by atoms with Crippen LogP contribution in [0.15, 0.2) is 0 Å². The number of hydrogen-bond acceptors (Lipinski definition) is 4. The fourth-order valence-corrected chi connectivity index (χ4v) is 2.84. The lowest BCUT2D eigenvalue weighted by Crippen LogP contribution is -2.58. The molecule has 0 atom stereocenters. The minimum atomic E-state index is -0.819. The van der Waals surface area contributed by atoms with E-state index < -0.39 is 11.5 Å². The Morgan fingerprint density at radius 1 is 1.11 bits per heavy atom. The molecule has 18 heavy (non-hydrogen) atoms. The lowest BCUT2D eigenvalue weighted by atomic mass is 9.97. The number of carboxylic acids is 1. The Bertz CT molecular complexity index is 331. The molecule has 0 aromatic heterocycles. The molecule has 3 N–H and O–H groups in total. The van der Waals surface area contributed by atoms with Gasteiger partial charge in [-0.05, 0) is 12.8 Å². The highest BCUT2D eigenvalue weighted by atomic mass is 16.4. The Labute approximate surface area is 107 Å². The molecule has 1 aliphatic carbocycles. The van der Waals surface area contributed by atoms with Crippen LogP contribution in [-0.4, -0.2) is 65.0 Å². The molecule has 2 aliphatic rings. The highest BCUT2D eigenvalue weighted by Crippen LogP contribution is 2.29. The van der Waals surface area contributed by atoms with E-state index in [2.05, 4.69) is 0 Å². The van der Waals surface area contributed by atoms with Gasteiger partial charge in [0.15, 0.2) is 0 Å². The maximum absolute atomic E-state index is 12.3. The molecule has 0 unspecified atom stereocenters. The number of carbonyl (C=O) groups is 2. The van der Waals surface area contributed by atoms with Crippen molar-refractivity contribution in [1.82, 2.24) is 9.80 Å². The van der Waals surface area contributed by atoms with Gasteiger partial charge in [-0.3, -0.25) is 14.5 Å². The maximum Gasteiger partial charge on any atom is 0.317 e. The molecular formula is C12H21N3O3. The molecule has 1 saturated heterocycles. The van der Waals surface area contributed by atoms with E-state index in [0.29, 0.717) is 26.2 Å². The molecule has 1 saturated carbocycles. The van der Waals surface area contributed by atoms with Crippen molar-refractivity contribution in [1.29, 1.82) is 0 Å². The van der Waals surface area contributed by atoms with E-state index in [1.54, 1.807) is 4.90 Å². The zero-order valence-electron chi connectivity index (χ0n) is 10.6. The third kappa shape index (κ3) is 2.81. The summed E-state index contributed by atoms with van der Waals surface area (Å²) in [4.78, 5) is 26.6. The van der Waals surface area contributed by atoms with Gasteiger partial charge in [-0.25, -0.2) is 0 Å². The largest absolute Gasteiger partial charge is 0.480 e. The van der Waals surface area contributed by atoms with E-state index >= 15 is 0 Å². The van der Waals surface area contributed by atoms with Gasteiger partial charge in [-0.15, -0.1) is 0 Å². The molecule has 1 amide bonds. The molecule has 6 heteroatoms. The van der Waals surface area contributed by atoms with Crippen molar-refractivity contribution in [2.45, 2.75) is 31.2 Å². The van der Waals surface area contributed by atoms with Gasteiger partial charge < -0.3 is 15.7 Å². The Morgan fingerprint density at radius 2 is 1.67 bits per heavy atom. The second kappa shape index (κ2) is 5.24. The lowest BCUT2D eigenvalue weighted by Gasteiger charge is -2.37. The van der Waals surface area contributed by atoms with Crippen molar-refractivity contribution < 1.29 is 14.7 Å². The molecular weight excluding hydrogens is 234 g/mol. The topological polar surface area (TPSA) is 86.9 Å². The van der Waals surface area contributed by atoms with Crippen molar-refractivity contribution in [3.05, 3.63) is 0 Å². The summed E-state index contributed by atoms with van der Waals surface area (Å²) < 4.78 is 0. The molecule has 0 bridgehead atoms. The zero-order valence-corrected chi connectivity index (χ0v) is 10.6. The molecule has 102 valence electrons. The van der Waals surface area contributed by atoms with Crippen molar-refractivity contribution in [3.63, 3.8) is 0 Å². The van der Waals surface area contributed by atoms with Gasteiger partial charge in [-0.1, -0.05) is 12.8 Å². The van der Waals surface area contributed by atoms with E-state index in [1.807, 2.05) is 4.90 Å².